The molecule has 0 spiro atoms. The van der Waals surface area contributed by atoms with Gasteiger partial charge in [0.25, 0.3) is 5.56 Å². The summed E-state index contributed by atoms with van der Waals surface area (Å²) < 4.78 is 2.84. The van der Waals surface area contributed by atoms with Crippen molar-refractivity contribution < 1.29 is 4.79 Å². The Balaban J connectivity index is 1.43. The number of piperidine rings is 1. The maximum atomic E-state index is 12.5. The van der Waals surface area contributed by atoms with Gasteiger partial charge in [0.2, 0.25) is 5.91 Å². The molecule has 29 heavy (non-hydrogen) atoms. The standard InChI is InChI=1S/C21H26N6O2/c1-15-6-3-4-9-26(15)12-16-7-5-8-17(10-16)24-19(28)13-27-14-22-20-18(21(27)29)11-23-25(20)2/h5,7-8,10-11,14-15H,3-4,6,9,12-13H2,1-2H3,(H,24,28)/t15-/m0/s1. The van der Waals surface area contributed by atoms with Crippen LogP contribution in [0.15, 0.2) is 41.6 Å². The van der Waals surface area contributed by atoms with E-state index in [4.69, 9.17) is 0 Å². The second-order valence-electron chi connectivity index (χ2n) is 7.75. The molecule has 1 atom stereocenters. The lowest BCUT2D eigenvalue weighted by Crippen LogP contribution is -2.36. The van der Waals surface area contributed by atoms with Crippen LogP contribution in [0, 0.1) is 0 Å². The fourth-order valence-electron chi connectivity index (χ4n) is 3.91. The number of nitrogens with zero attached hydrogens (tertiary/aromatic N) is 5. The first-order valence-electron chi connectivity index (χ1n) is 10.0. The molecule has 2 aromatic heterocycles. The van der Waals surface area contributed by atoms with E-state index in [1.807, 2.05) is 18.2 Å². The second-order valence-corrected chi connectivity index (χ2v) is 7.75. The number of hydrogen-bond donors (Lipinski definition) is 1. The van der Waals surface area contributed by atoms with E-state index >= 15 is 0 Å². The van der Waals surface area contributed by atoms with Gasteiger partial charge < -0.3 is 5.32 Å². The SMILES string of the molecule is C[C@H]1CCCCN1Cc1cccc(NC(=O)Cn2cnc3c(cnn3C)c2=O)c1. The Morgan fingerprint density at radius 2 is 2.17 bits per heavy atom. The Kier molecular flexibility index (Phi) is 5.44. The highest BCUT2D eigenvalue weighted by molar-refractivity contribution is 5.90. The van der Waals surface area contributed by atoms with E-state index in [0.717, 1.165) is 18.8 Å². The molecule has 1 N–H and O–H groups in total. The molecule has 1 aromatic carbocycles. The second kappa shape index (κ2) is 8.16. The van der Waals surface area contributed by atoms with Gasteiger partial charge >= 0.3 is 0 Å². The molecule has 0 aliphatic carbocycles. The highest BCUT2D eigenvalue weighted by atomic mass is 16.2. The molecule has 4 rings (SSSR count). The molecular formula is C21H26N6O2. The van der Waals surface area contributed by atoms with Crippen LogP contribution in [0.4, 0.5) is 5.69 Å². The van der Waals surface area contributed by atoms with Crippen LogP contribution < -0.4 is 10.9 Å². The minimum atomic E-state index is -0.272. The number of aromatic nitrogens is 4. The molecule has 8 heteroatoms. The molecule has 1 aliphatic rings. The van der Waals surface area contributed by atoms with Crippen LogP contribution in [-0.4, -0.2) is 42.7 Å². The molecule has 152 valence electrons. The summed E-state index contributed by atoms with van der Waals surface area (Å²) in [4.78, 5) is 31.7. The summed E-state index contributed by atoms with van der Waals surface area (Å²) in [5, 5.41) is 7.34. The van der Waals surface area contributed by atoms with Gasteiger partial charge in [0, 0.05) is 25.3 Å². The third-order valence-electron chi connectivity index (χ3n) is 5.57. The first-order chi connectivity index (χ1) is 14.0. The van der Waals surface area contributed by atoms with E-state index in [-0.39, 0.29) is 18.0 Å². The molecule has 1 fully saturated rings. The minimum absolute atomic E-state index is 0.0932. The topological polar surface area (TPSA) is 85.1 Å². The summed E-state index contributed by atoms with van der Waals surface area (Å²) >= 11 is 0. The van der Waals surface area contributed by atoms with Crippen molar-refractivity contribution in [1.82, 2.24) is 24.2 Å². The molecule has 8 nitrogen and oxygen atoms in total. The predicted octanol–water partition coefficient (Wildman–Crippen LogP) is 2.14. The summed E-state index contributed by atoms with van der Waals surface area (Å²) in [7, 11) is 1.73. The predicted molar refractivity (Wildman–Crippen MR) is 112 cm³/mol. The zero-order valence-corrected chi connectivity index (χ0v) is 16.8. The first-order valence-corrected chi connectivity index (χ1v) is 10.0. The van der Waals surface area contributed by atoms with Gasteiger partial charge in [-0.05, 0) is 44.0 Å². The average molecular weight is 394 g/mol. The van der Waals surface area contributed by atoms with Crippen LogP contribution in [0.1, 0.15) is 31.7 Å². The van der Waals surface area contributed by atoms with Crippen molar-refractivity contribution in [3.8, 4) is 0 Å². The Hall–Kier alpha value is -3.00. The van der Waals surface area contributed by atoms with Crippen LogP contribution >= 0.6 is 0 Å². The van der Waals surface area contributed by atoms with Crippen molar-refractivity contribution in [2.75, 3.05) is 11.9 Å². The molecule has 0 saturated carbocycles. The normalized spacial score (nSPS) is 17.5. The number of nitrogens with one attached hydrogen (secondary N) is 1. The molecule has 0 radical (unpaired) electrons. The highest BCUT2D eigenvalue weighted by Gasteiger charge is 2.18. The lowest BCUT2D eigenvalue weighted by molar-refractivity contribution is -0.116. The van der Waals surface area contributed by atoms with Gasteiger partial charge in [-0.15, -0.1) is 0 Å². The Labute approximate surface area is 169 Å². The summed E-state index contributed by atoms with van der Waals surface area (Å²) in [5.41, 5.74) is 2.14. The number of benzene rings is 1. The number of hydrogen-bond acceptors (Lipinski definition) is 5. The summed E-state index contributed by atoms with van der Waals surface area (Å²) in [6, 6.07) is 8.50. The van der Waals surface area contributed by atoms with E-state index in [9.17, 15) is 9.59 Å². The van der Waals surface area contributed by atoms with Crippen LogP contribution in [0.2, 0.25) is 0 Å². The third kappa shape index (κ3) is 4.22. The smallest absolute Gasteiger partial charge is 0.264 e. The molecule has 3 heterocycles. The summed E-state index contributed by atoms with van der Waals surface area (Å²) in [6.07, 6.45) is 6.64. The van der Waals surface area contributed by atoms with E-state index < -0.39 is 0 Å². The molecule has 1 saturated heterocycles. The van der Waals surface area contributed by atoms with Gasteiger partial charge in [0.05, 0.1) is 6.20 Å². The number of carbonyl (C=O) groups is 1. The summed E-state index contributed by atoms with van der Waals surface area (Å²) in [6.45, 7) is 4.18. The third-order valence-corrected chi connectivity index (χ3v) is 5.57. The lowest BCUT2D eigenvalue weighted by atomic mass is 10.0. The van der Waals surface area contributed by atoms with Crippen molar-refractivity contribution in [3.63, 3.8) is 0 Å². The number of rotatable bonds is 5. The largest absolute Gasteiger partial charge is 0.325 e. The minimum Gasteiger partial charge on any atom is -0.325 e. The molecule has 1 amide bonds. The molecule has 3 aromatic rings. The number of amides is 1. The number of fused-ring (bicyclic) bond motifs is 1. The maximum Gasteiger partial charge on any atom is 0.264 e. The monoisotopic (exact) mass is 394 g/mol. The van der Waals surface area contributed by atoms with Crippen molar-refractivity contribution in [1.29, 1.82) is 0 Å². The van der Waals surface area contributed by atoms with Crippen molar-refractivity contribution in [2.45, 2.75) is 45.3 Å². The highest BCUT2D eigenvalue weighted by Crippen LogP contribution is 2.20. The Bertz CT molecular complexity index is 1090. The zero-order chi connectivity index (χ0) is 20.4. The van der Waals surface area contributed by atoms with Gasteiger partial charge in [-0.25, -0.2) is 4.98 Å². The number of aryl methyl sites for hydroxylation is 1. The van der Waals surface area contributed by atoms with Crippen molar-refractivity contribution in [2.24, 2.45) is 7.05 Å². The van der Waals surface area contributed by atoms with E-state index in [2.05, 4.69) is 33.3 Å². The van der Waals surface area contributed by atoms with Crippen LogP contribution in [-0.2, 0) is 24.9 Å². The van der Waals surface area contributed by atoms with E-state index in [1.165, 1.54) is 46.6 Å². The van der Waals surface area contributed by atoms with Gasteiger partial charge in [0.15, 0.2) is 5.65 Å². The van der Waals surface area contributed by atoms with Crippen molar-refractivity contribution >= 4 is 22.6 Å². The molecule has 1 aliphatic heterocycles. The van der Waals surface area contributed by atoms with Crippen LogP contribution in [0.5, 0.6) is 0 Å². The van der Waals surface area contributed by atoms with Gasteiger partial charge in [0.1, 0.15) is 18.3 Å². The summed E-state index contributed by atoms with van der Waals surface area (Å²) in [5.74, 6) is -0.263. The molecule has 0 bridgehead atoms. The van der Waals surface area contributed by atoms with Gasteiger partial charge in [-0.2, -0.15) is 5.10 Å². The fourth-order valence-corrected chi connectivity index (χ4v) is 3.91. The van der Waals surface area contributed by atoms with E-state index in [0.29, 0.717) is 17.1 Å². The first kappa shape index (κ1) is 19.3. The van der Waals surface area contributed by atoms with Gasteiger partial charge in [-0.1, -0.05) is 18.6 Å². The maximum absolute atomic E-state index is 12.5. The van der Waals surface area contributed by atoms with Crippen LogP contribution in [0.3, 0.4) is 0 Å². The van der Waals surface area contributed by atoms with E-state index in [1.54, 1.807) is 7.05 Å². The Morgan fingerprint density at radius 3 is 3.00 bits per heavy atom. The number of carbonyl (C=O) groups excluding carboxylic acids is 1. The quantitative estimate of drug-likeness (QED) is 0.717. The fraction of sp³-hybridized carbons (Fsp3) is 0.429. The molecular weight excluding hydrogens is 368 g/mol. The number of anilines is 1. The molecule has 0 unspecified atom stereocenters. The van der Waals surface area contributed by atoms with Crippen LogP contribution in [0.25, 0.3) is 11.0 Å². The van der Waals surface area contributed by atoms with Gasteiger partial charge in [-0.3, -0.25) is 23.7 Å². The lowest BCUT2D eigenvalue weighted by Gasteiger charge is -2.33. The Morgan fingerprint density at radius 1 is 1.31 bits per heavy atom. The zero-order valence-electron chi connectivity index (χ0n) is 16.8. The average Bonchev–Trinajstić information content (AvgIpc) is 3.08. The van der Waals surface area contributed by atoms with Crippen molar-refractivity contribution in [3.05, 3.63) is 52.7 Å². The number of likely N-dealkylation sites (tertiary alicyclic amines) is 1.